The summed E-state index contributed by atoms with van der Waals surface area (Å²) in [6.45, 7) is 10.9. The minimum absolute atomic E-state index is 0.140. The number of nitrogens with one attached hydrogen (secondary N) is 1. The SMILES string of the molecule is Cc1cccc(CN(C(=O)COc2cccc(C)c2C)[C@H](Cc2ccccc2)C(=O)NCC(C)C)c1. The molecule has 1 N–H and O–H groups in total. The molecule has 0 spiro atoms. The van der Waals surface area contributed by atoms with Gasteiger partial charge >= 0.3 is 0 Å². The summed E-state index contributed by atoms with van der Waals surface area (Å²) in [4.78, 5) is 28.8. The molecule has 5 nitrogen and oxygen atoms in total. The molecule has 5 heteroatoms. The standard InChI is InChI=1S/C31H38N2O3/c1-22(2)19-32-31(35)28(18-26-13-7-6-8-14-26)33(20-27-15-9-11-23(3)17-27)30(34)21-36-29-16-10-12-24(4)25(29)5/h6-17,22,28H,18-21H2,1-5H3,(H,32,35)/t28-/m1/s1. The van der Waals surface area contributed by atoms with Crippen molar-refractivity contribution in [2.75, 3.05) is 13.2 Å². The van der Waals surface area contributed by atoms with Crippen LogP contribution in [0.5, 0.6) is 5.75 Å². The van der Waals surface area contributed by atoms with Crippen LogP contribution in [0.3, 0.4) is 0 Å². The topological polar surface area (TPSA) is 58.6 Å². The Morgan fingerprint density at radius 3 is 2.28 bits per heavy atom. The summed E-state index contributed by atoms with van der Waals surface area (Å²) >= 11 is 0. The van der Waals surface area contributed by atoms with Crippen LogP contribution in [-0.2, 0) is 22.6 Å². The number of nitrogens with zero attached hydrogens (tertiary/aromatic N) is 1. The molecule has 0 aromatic heterocycles. The summed E-state index contributed by atoms with van der Waals surface area (Å²) in [7, 11) is 0. The van der Waals surface area contributed by atoms with Crippen molar-refractivity contribution in [3.05, 3.63) is 101 Å². The zero-order chi connectivity index (χ0) is 26.1. The average molecular weight is 487 g/mol. The summed E-state index contributed by atoms with van der Waals surface area (Å²) < 4.78 is 5.98. The van der Waals surface area contributed by atoms with Crippen LogP contribution in [0.25, 0.3) is 0 Å². The number of ether oxygens (including phenoxy) is 1. The van der Waals surface area contributed by atoms with E-state index in [1.54, 1.807) is 4.90 Å². The molecule has 0 aliphatic carbocycles. The molecule has 190 valence electrons. The molecular weight excluding hydrogens is 448 g/mol. The van der Waals surface area contributed by atoms with Gasteiger partial charge in [0.05, 0.1) is 0 Å². The van der Waals surface area contributed by atoms with Crippen molar-refractivity contribution in [3.8, 4) is 5.75 Å². The largest absolute Gasteiger partial charge is 0.483 e. The summed E-state index contributed by atoms with van der Waals surface area (Å²) in [5, 5.41) is 3.05. The van der Waals surface area contributed by atoms with E-state index in [0.29, 0.717) is 31.2 Å². The second-order valence-electron chi connectivity index (χ2n) is 9.84. The lowest BCUT2D eigenvalue weighted by Crippen LogP contribution is -2.52. The maximum absolute atomic E-state index is 13.7. The number of rotatable bonds is 11. The normalized spacial score (nSPS) is 11.7. The van der Waals surface area contributed by atoms with Gasteiger partial charge in [-0.15, -0.1) is 0 Å². The molecule has 0 saturated carbocycles. The number of aryl methyl sites for hydroxylation is 2. The Labute approximate surface area is 215 Å². The van der Waals surface area contributed by atoms with E-state index in [4.69, 9.17) is 4.74 Å². The lowest BCUT2D eigenvalue weighted by Gasteiger charge is -2.32. The molecule has 0 radical (unpaired) electrons. The Kier molecular flexibility index (Phi) is 9.69. The summed E-state index contributed by atoms with van der Waals surface area (Å²) in [5.74, 6) is 0.612. The second kappa shape index (κ2) is 12.9. The van der Waals surface area contributed by atoms with Crippen LogP contribution >= 0.6 is 0 Å². The van der Waals surface area contributed by atoms with Gasteiger partial charge in [0.15, 0.2) is 6.61 Å². The van der Waals surface area contributed by atoms with Gasteiger partial charge < -0.3 is 15.0 Å². The third kappa shape index (κ3) is 7.70. The van der Waals surface area contributed by atoms with Crippen LogP contribution < -0.4 is 10.1 Å². The van der Waals surface area contributed by atoms with Gasteiger partial charge in [0.1, 0.15) is 11.8 Å². The lowest BCUT2D eigenvalue weighted by molar-refractivity contribution is -0.142. The maximum atomic E-state index is 13.7. The van der Waals surface area contributed by atoms with Crippen molar-refractivity contribution in [2.45, 2.75) is 53.6 Å². The molecule has 0 aliphatic rings. The molecular formula is C31H38N2O3. The molecule has 0 fully saturated rings. The number of hydrogen-bond donors (Lipinski definition) is 1. The Hall–Kier alpha value is -3.60. The first-order chi connectivity index (χ1) is 17.2. The van der Waals surface area contributed by atoms with Crippen molar-refractivity contribution < 1.29 is 14.3 Å². The number of hydrogen-bond acceptors (Lipinski definition) is 3. The van der Waals surface area contributed by atoms with Crippen molar-refractivity contribution >= 4 is 11.8 Å². The fraction of sp³-hybridized carbons (Fsp3) is 0.355. The molecule has 0 heterocycles. The Morgan fingerprint density at radius 1 is 0.889 bits per heavy atom. The van der Waals surface area contributed by atoms with Crippen LogP contribution in [0.4, 0.5) is 0 Å². The fourth-order valence-electron chi connectivity index (χ4n) is 4.09. The molecule has 0 aliphatic heterocycles. The smallest absolute Gasteiger partial charge is 0.261 e. The molecule has 0 bridgehead atoms. The van der Waals surface area contributed by atoms with Gasteiger partial charge in [-0.05, 0) is 55.0 Å². The van der Waals surface area contributed by atoms with Crippen molar-refractivity contribution in [3.63, 3.8) is 0 Å². The molecule has 2 amide bonds. The van der Waals surface area contributed by atoms with Crippen LogP contribution in [0.2, 0.25) is 0 Å². The Balaban J connectivity index is 1.92. The number of benzene rings is 3. The second-order valence-corrected chi connectivity index (χ2v) is 9.84. The van der Waals surface area contributed by atoms with Crippen LogP contribution in [0, 0.1) is 26.7 Å². The molecule has 0 saturated heterocycles. The van der Waals surface area contributed by atoms with Crippen molar-refractivity contribution in [1.29, 1.82) is 0 Å². The van der Waals surface area contributed by atoms with Crippen LogP contribution in [0.1, 0.15) is 41.7 Å². The van der Waals surface area contributed by atoms with E-state index < -0.39 is 6.04 Å². The van der Waals surface area contributed by atoms with E-state index in [1.165, 1.54) is 0 Å². The van der Waals surface area contributed by atoms with Crippen LogP contribution in [0.15, 0.2) is 72.8 Å². The molecule has 3 aromatic rings. The summed E-state index contributed by atoms with van der Waals surface area (Å²) in [5.41, 5.74) is 5.19. The van der Waals surface area contributed by atoms with E-state index >= 15 is 0 Å². The highest BCUT2D eigenvalue weighted by molar-refractivity contribution is 5.88. The lowest BCUT2D eigenvalue weighted by atomic mass is 10.0. The first-order valence-electron chi connectivity index (χ1n) is 12.6. The van der Waals surface area contributed by atoms with Gasteiger partial charge in [-0.2, -0.15) is 0 Å². The third-order valence-electron chi connectivity index (χ3n) is 6.30. The highest BCUT2D eigenvalue weighted by Gasteiger charge is 2.30. The highest BCUT2D eigenvalue weighted by atomic mass is 16.5. The predicted octanol–water partition coefficient (Wildman–Crippen LogP) is 5.40. The average Bonchev–Trinajstić information content (AvgIpc) is 2.86. The third-order valence-corrected chi connectivity index (χ3v) is 6.30. The van der Waals surface area contributed by atoms with Gasteiger partial charge in [-0.25, -0.2) is 0 Å². The van der Waals surface area contributed by atoms with E-state index in [-0.39, 0.29) is 18.4 Å². The van der Waals surface area contributed by atoms with Crippen LogP contribution in [-0.4, -0.2) is 35.9 Å². The van der Waals surface area contributed by atoms with E-state index in [1.807, 2.05) is 87.5 Å². The molecule has 36 heavy (non-hydrogen) atoms. The quantitative estimate of drug-likeness (QED) is 0.395. The van der Waals surface area contributed by atoms with E-state index in [2.05, 4.69) is 25.2 Å². The van der Waals surface area contributed by atoms with Gasteiger partial charge in [0, 0.05) is 19.5 Å². The maximum Gasteiger partial charge on any atom is 0.261 e. The van der Waals surface area contributed by atoms with E-state index in [0.717, 1.165) is 27.8 Å². The van der Waals surface area contributed by atoms with Crippen molar-refractivity contribution in [1.82, 2.24) is 10.2 Å². The zero-order valence-electron chi connectivity index (χ0n) is 22.1. The van der Waals surface area contributed by atoms with Gasteiger partial charge in [0.2, 0.25) is 5.91 Å². The number of carbonyl (C=O) groups excluding carboxylic acids is 2. The Morgan fingerprint density at radius 2 is 1.58 bits per heavy atom. The van der Waals surface area contributed by atoms with Gasteiger partial charge in [0.25, 0.3) is 5.91 Å². The highest BCUT2D eigenvalue weighted by Crippen LogP contribution is 2.21. The zero-order valence-corrected chi connectivity index (χ0v) is 22.1. The van der Waals surface area contributed by atoms with Gasteiger partial charge in [-0.3, -0.25) is 9.59 Å². The number of carbonyl (C=O) groups is 2. The van der Waals surface area contributed by atoms with Gasteiger partial charge in [-0.1, -0.05) is 86.1 Å². The first-order valence-corrected chi connectivity index (χ1v) is 12.6. The Bertz CT molecular complexity index is 1160. The predicted molar refractivity (Wildman–Crippen MR) is 145 cm³/mol. The number of amides is 2. The summed E-state index contributed by atoms with van der Waals surface area (Å²) in [6.07, 6.45) is 0.422. The minimum Gasteiger partial charge on any atom is -0.483 e. The molecule has 1 atom stereocenters. The molecule has 3 aromatic carbocycles. The fourth-order valence-corrected chi connectivity index (χ4v) is 4.09. The van der Waals surface area contributed by atoms with E-state index in [9.17, 15) is 9.59 Å². The minimum atomic E-state index is -0.665. The monoisotopic (exact) mass is 486 g/mol. The molecule has 0 unspecified atom stereocenters. The first kappa shape index (κ1) is 27.0. The molecule has 3 rings (SSSR count). The summed E-state index contributed by atoms with van der Waals surface area (Å²) in [6, 6.07) is 23.0. The van der Waals surface area contributed by atoms with Crippen molar-refractivity contribution in [2.24, 2.45) is 5.92 Å².